The lowest BCUT2D eigenvalue weighted by atomic mass is 9.73. The molecule has 0 spiro atoms. The van der Waals surface area contributed by atoms with Crippen molar-refractivity contribution >= 4 is 17.7 Å². The van der Waals surface area contributed by atoms with Crippen LogP contribution in [0.3, 0.4) is 0 Å². The summed E-state index contributed by atoms with van der Waals surface area (Å²) < 4.78 is 5.57. The van der Waals surface area contributed by atoms with Gasteiger partial charge in [-0.2, -0.15) is 0 Å². The van der Waals surface area contributed by atoms with Crippen molar-refractivity contribution in [2.45, 2.75) is 81.2 Å². The van der Waals surface area contributed by atoms with E-state index in [4.69, 9.17) is 4.74 Å². The first-order valence-corrected chi connectivity index (χ1v) is 9.33. The molecule has 1 heterocycles. The molecule has 0 aromatic heterocycles. The molecule has 1 aliphatic carbocycles. The minimum Gasteiger partial charge on any atom is -0.394 e. The summed E-state index contributed by atoms with van der Waals surface area (Å²) in [7, 11) is 0. The number of hydrogen-bond acceptors (Lipinski definition) is 7. The van der Waals surface area contributed by atoms with Crippen molar-refractivity contribution in [3.05, 3.63) is 0 Å². The van der Waals surface area contributed by atoms with E-state index in [1.54, 1.807) is 0 Å². The summed E-state index contributed by atoms with van der Waals surface area (Å²) in [6, 6.07) is 0.0335. The van der Waals surface area contributed by atoms with Crippen LogP contribution in [0.5, 0.6) is 0 Å². The van der Waals surface area contributed by atoms with Gasteiger partial charge in [0, 0.05) is 18.2 Å². The highest BCUT2D eigenvalue weighted by Gasteiger charge is 2.46. The van der Waals surface area contributed by atoms with Crippen LogP contribution in [0.2, 0.25) is 0 Å². The number of carbonyl (C=O) groups is 1. The second kappa shape index (κ2) is 7.88. The summed E-state index contributed by atoms with van der Waals surface area (Å²) in [5, 5.41) is 42.3. The molecule has 0 aromatic carbocycles. The maximum atomic E-state index is 11.4. The number of thioether (sulfide) groups is 1. The molecule has 0 bridgehead atoms. The predicted octanol–water partition coefficient (Wildman–Crippen LogP) is -0.397. The normalized spacial score (nSPS) is 42.5. The van der Waals surface area contributed by atoms with Gasteiger partial charge in [0.1, 0.15) is 29.9 Å². The molecule has 7 nitrogen and oxygen atoms in total. The minimum absolute atomic E-state index is 0.00188. The second-order valence-corrected chi connectivity index (χ2v) is 8.87. The smallest absolute Gasteiger partial charge is 0.217 e. The van der Waals surface area contributed by atoms with E-state index in [-0.39, 0.29) is 22.6 Å². The first-order valence-electron chi connectivity index (χ1n) is 8.38. The molecule has 8 heteroatoms. The Morgan fingerprint density at radius 2 is 1.92 bits per heavy atom. The quantitative estimate of drug-likeness (QED) is 0.461. The van der Waals surface area contributed by atoms with Crippen LogP contribution in [0, 0.1) is 5.41 Å². The molecule has 7 atom stereocenters. The van der Waals surface area contributed by atoms with E-state index in [2.05, 4.69) is 19.2 Å². The van der Waals surface area contributed by atoms with Crippen LogP contribution >= 0.6 is 11.8 Å². The Morgan fingerprint density at radius 3 is 2.50 bits per heavy atom. The highest BCUT2D eigenvalue weighted by Crippen LogP contribution is 2.43. The standard InChI is InChI=1S/C16H29NO6S/c1-8(19)17-11-6-9(4-5-16(11,2)3)24-15-14(22)13(21)12(20)10(7-18)23-15/h9-15,18,20-22H,4-7H2,1-3H3,(H,17,19)/t9?,10-,11?,12+,13+,14-,15+/m1/s1. The molecule has 24 heavy (non-hydrogen) atoms. The number of amides is 1. The van der Waals surface area contributed by atoms with Crippen LogP contribution in [-0.2, 0) is 9.53 Å². The predicted molar refractivity (Wildman–Crippen MR) is 90.4 cm³/mol. The first-order chi connectivity index (χ1) is 11.2. The Balaban J connectivity index is 2.00. The molecule has 0 aromatic rings. The summed E-state index contributed by atoms with van der Waals surface area (Å²) >= 11 is 1.40. The maximum Gasteiger partial charge on any atom is 0.217 e. The number of hydrogen-bond donors (Lipinski definition) is 5. The van der Waals surface area contributed by atoms with E-state index in [1.807, 2.05) is 0 Å². The van der Waals surface area contributed by atoms with Crippen molar-refractivity contribution in [1.29, 1.82) is 0 Å². The van der Waals surface area contributed by atoms with E-state index in [1.165, 1.54) is 18.7 Å². The topological polar surface area (TPSA) is 119 Å². The van der Waals surface area contributed by atoms with Crippen molar-refractivity contribution < 1.29 is 30.0 Å². The van der Waals surface area contributed by atoms with Gasteiger partial charge in [-0.25, -0.2) is 0 Å². The van der Waals surface area contributed by atoms with Crippen LogP contribution in [0.15, 0.2) is 0 Å². The molecule has 1 amide bonds. The lowest BCUT2D eigenvalue weighted by molar-refractivity contribution is -0.205. The highest BCUT2D eigenvalue weighted by molar-refractivity contribution is 8.00. The Bertz CT molecular complexity index is 446. The molecule has 2 aliphatic rings. The van der Waals surface area contributed by atoms with E-state index in [9.17, 15) is 25.2 Å². The van der Waals surface area contributed by atoms with Gasteiger partial charge in [0.05, 0.1) is 6.61 Å². The lowest BCUT2D eigenvalue weighted by Gasteiger charge is -2.45. The van der Waals surface area contributed by atoms with Crippen LogP contribution in [0.25, 0.3) is 0 Å². The largest absolute Gasteiger partial charge is 0.394 e. The molecule has 1 aliphatic heterocycles. The molecule has 2 fully saturated rings. The fourth-order valence-electron chi connectivity index (χ4n) is 3.40. The maximum absolute atomic E-state index is 11.4. The third kappa shape index (κ3) is 4.42. The molecule has 2 rings (SSSR count). The van der Waals surface area contributed by atoms with Gasteiger partial charge < -0.3 is 30.5 Å². The summed E-state index contributed by atoms with van der Waals surface area (Å²) in [6.07, 6.45) is -2.21. The number of aliphatic hydroxyl groups is 4. The number of nitrogens with one attached hydrogen (secondary N) is 1. The second-order valence-electron chi connectivity index (χ2n) is 7.47. The Morgan fingerprint density at radius 1 is 1.25 bits per heavy atom. The van der Waals surface area contributed by atoms with Gasteiger partial charge in [-0.15, -0.1) is 11.8 Å². The fourth-order valence-corrected chi connectivity index (χ4v) is 4.87. The zero-order chi connectivity index (χ0) is 18.1. The van der Waals surface area contributed by atoms with Crippen LogP contribution in [0.1, 0.15) is 40.0 Å². The molecule has 0 radical (unpaired) electrons. The van der Waals surface area contributed by atoms with E-state index in [0.717, 1.165) is 19.3 Å². The van der Waals surface area contributed by atoms with E-state index in [0.29, 0.717) is 0 Å². The SMILES string of the molecule is CC(=O)NC1CC(S[C@@H]2O[C@H](CO)[C@H](O)[C@H](O)[C@H]2O)CCC1(C)C. The molecular formula is C16H29NO6S. The number of aliphatic hydroxyl groups excluding tert-OH is 4. The zero-order valence-corrected chi connectivity index (χ0v) is 15.2. The van der Waals surface area contributed by atoms with Crippen molar-refractivity contribution in [2.75, 3.05) is 6.61 Å². The van der Waals surface area contributed by atoms with Crippen LogP contribution in [-0.4, -0.2) is 74.1 Å². The number of rotatable bonds is 4. The molecule has 5 N–H and O–H groups in total. The average molecular weight is 363 g/mol. The van der Waals surface area contributed by atoms with E-state index >= 15 is 0 Å². The summed E-state index contributed by atoms with van der Waals surface area (Å²) in [4.78, 5) is 11.4. The van der Waals surface area contributed by atoms with Crippen molar-refractivity contribution in [1.82, 2.24) is 5.32 Å². The van der Waals surface area contributed by atoms with E-state index < -0.39 is 36.5 Å². The van der Waals surface area contributed by atoms with Crippen molar-refractivity contribution in [2.24, 2.45) is 5.41 Å². The van der Waals surface area contributed by atoms with Gasteiger partial charge in [-0.3, -0.25) is 4.79 Å². The molecule has 140 valence electrons. The molecule has 2 unspecified atom stereocenters. The van der Waals surface area contributed by atoms with Gasteiger partial charge >= 0.3 is 0 Å². The van der Waals surface area contributed by atoms with Gasteiger partial charge in [-0.05, 0) is 24.7 Å². The highest BCUT2D eigenvalue weighted by atomic mass is 32.2. The zero-order valence-electron chi connectivity index (χ0n) is 14.4. The summed E-state index contributed by atoms with van der Waals surface area (Å²) in [5.74, 6) is -0.0634. The molecule has 1 saturated carbocycles. The van der Waals surface area contributed by atoms with Crippen LogP contribution in [0.4, 0.5) is 0 Å². The van der Waals surface area contributed by atoms with Gasteiger partial charge in [-0.1, -0.05) is 13.8 Å². The average Bonchev–Trinajstić information content (AvgIpc) is 2.50. The Kier molecular flexibility index (Phi) is 6.55. The lowest BCUT2D eigenvalue weighted by Crippen LogP contribution is -2.58. The number of carbonyl (C=O) groups excluding carboxylic acids is 1. The van der Waals surface area contributed by atoms with Crippen LogP contribution < -0.4 is 5.32 Å². The first kappa shape index (κ1) is 19.9. The summed E-state index contributed by atoms with van der Waals surface area (Å²) in [5.41, 5.74) is -0.720. The third-order valence-corrected chi connectivity index (χ3v) is 6.58. The Hall–Kier alpha value is -0.380. The molecular weight excluding hydrogens is 334 g/mol. The third-order valence-electron chi connectivity index (χ3n) is 5.11. The number of ether oxygens (including phenoxy) is 1. The van der Waals surface area contributed by atoms with Gasteiger partial charge in [0.2, 0.25) is 5.91 Å². The minimum atomic E-state index is -1.35. The monoisotopic (exact) mass is 363 g/mol. The van der Waals surface area contributed by atoms with Gasteiger partial charge in [0.25, 0.3) is 0 Å². The molecule has 1 saturated heterocycles. The fraction of sp³-hybridized carbons (Fsp3) is 0.938. The van der Waals surface area contributed by atoms with Gasteiger partial charge in [0.15, 0.2) is 0 Å². The van der Waals surface area contributed by atoms with Crippen molar-refractivity contribution in [3.63, 3.8) is 0 Å². The Labute approximate surface area is 146 Å². The summed E-state index contributed by atoms with van der Waals surface area (Å²) in [6.45, 7) is 5.34. The van der Waals surface area contributed by atoms with Crippen molar-refractivity contribution in [3.8, 4) is 0 Å².